The fraction of sp³-hybridized carbons (Fsp3) is 0.750. The van der Waals surface area contributed by atoms with Crippen LogP contribution in [0.4, 0.5) is 0 Å². The van der Waals surface area contributed by atoms with E-state index in [1.807, 2.05) is 0 Å². The van der Waals surface area contributed by atoms with E-state index in [0.717, 1.165) is 12.8 Å². The van der Waals surface area contributed by atoms with Gasteiger partial charge in [0, 0.05) is 25.9 Å². The van der Waals surface area contributed by atoms with E-state index in [9.17, 15) is 4.79 Å². The van der Waals surface area contributed by atoms with Gasteiger partial charge in [-0.3, -0.25) is 4.79 Å². The third kappa shape index (κ3) is 2.93. The lowest BCUT2D eigenvalue weighted by Crippen LogP contribution is -2.34. The van der Waals surface area contributed by atoms with Crippen LogP contribution in [0.3, 0.4) is 0 Å². The van der Waals surface area contributed by atoms with E-state index in [1.54, 1.807) is 11.8 Å². The van der Waals surface area contributed by atoms with Gasteiger partial charge in [-0.15, -0.1) is 0 Å². The number of nitrogens with two attached hydrogens (primary N) is 1. The van der Waals surface area contributed by atoms with E-state index in [4.69, 9.17) is 10.9 Å². The van der Waals surface area contributed by atoms with Gasteiger partial charge < -0.3 is 15.8 Å². The lowest BCUT2D eigenvalue weighted by molar-refractivity contribution is -0.129. The maximum Gasteiger partial charge on any atom is 0.219 e. The van der Waals surface area contributed by atoms with Crippen molar-refractivity contribution >= 4 is 11.7 Å². The Kier molecular flexibility index (Phi) is 3.11. The molecule has 74 valence electrons. The summed E-state index contributed by atoms with van der Waals surface area (Å²) in [4.78, 5) is 12.9. The van der Waals surface area contributed by atoms with Crippen LogP contribution in [0.2, 0.25) is 0 Å². The average Bonchev–Trinajstić information content (AvgIpc) is 2.87. The highest BCUT2D eigenvalue weighted by Gasteiger charge is 2.30. The van der Waals surface area contributed by atoms with Gasteiger partial charge in [0.05, 0.1) is 0 Å². The summed E-state index contributed by atoms with van der Waals surface area (Å²) in [6, 6.07) is 0.393. The number of rotatable bonds is 4. The number of amidine groups is 1. The molecule has 0 atom stereocenters. The van der Waals surface area contributed by atoms with Crippen molar-refractivity contribution in [2.24, 2.45) is 10.9 Å². The van der Waals surface area contributed by atoms with E-state index in [-0.39, 0.29) is 11.7 Å². The summed E-state index contributed by atoms with van der Waals surface area (Å²) in [5.74, 6) is 0.236. The number of nitrogens with zero attached hydrogens (tertiary/aromatic N) is 2. The normalized spacial score (nSPS) is 17.2. The first-order valence-electron chi connectivity index (χ1n) is 4.38. The van der Waals surface area contributed by atoms with Crippen LogP contribution in [-0.4, -0.2) is 34.4 Å². The standard InChI is InChI=1S/C8H15N3O2/c1-6(12)11(7-2-3-7)5-4-8(9)10-13/h7,13H,2-5H2,1H3,(H2,9,10). The van der Waals surface area contributed by atoms with Crippen molar-refractivity contribution in [3.8, 4) is 0 Å². The van der Waals surface area contributed by atoms with E-state index >= 15 is 0 Å². The molecule has 0 saturated heterocycles. The van der Waals surface area contributed by atoms with Gasteiger partial charge in [0.2, 0.25) is 5.91 Å². The zero-order chi connectivity index (χ0) is 9.84. The van der Waals surface area contributed by atoms with Crippen LogP contribution < -0.4 is 5.73 Å². The highest BCUT2D eigenvalue weighted by Crippen LogP contribution is 2.26. The Morgan fingerprint density at radius 3 is 2.69 bits per heavy atom. The third-order valence-corrected chi connectivity index (χ3v) is 2.13. The molecule has 1 aliphatic rings. The molecule has 1 aliphatic carbocycles. The number of amides is 1. The molecule has 3 N–H and O–H groups in total. The van der Waals surface area contributed by atoms with Crippen molar-refractivity contribution in [1.29, 1.82) is 0 Å². The van der Waals surface area contributed by atoms with Gasteiger partial charge in [-0.1, -0.05) is 5.16 Å². The smallest absolute Gasteiger partial charge is 0.219 e. The first-order valence-corrected chi connectivity index (χ1v) is 4.38. The van der Waals surface area contributed by atoms with Gasteiger partial charge in [0.25, 0.3) is 0 Å². The molecule has 1 rings (SSSR count). The zero-order valence-electron chi connectivity index (χ0n) is 7.73. The highest BCUT2D eigenvalue weighted by molar-refractivity contribution is 5.81. The van der Waals surface area contributed by atoms with Gasteiger partial charge in [-0.25, -0.2) is 0 Å². The van der Waals surface area contributed by atoms with Crippen molar-refractivity contribution in [3.05, 3.63) is 0 Å². The van der Waals surface area contributed by atoms with E-state index in [2.05, 4.69) is 5.16 Å². The summed E-state index contributed by atoms with van der Waals surface area (Å²) in [5, 5.41) is 11.2. The molecular weight excluding hydrogens is 170 g/mol. The van der Waals surface area contributed by atoms with Crippen LogP contribution in [-0.2, 0) is 4.79 Å². The Morgan fingerprint density at radius 2 is 2.31 bits per heavy atom. The number of oxime groups is 1. The minimum atomic E-state index is 0.0632. The number of hydrogen-bond donors (Lipinski definition) is 2. The Bertz CT molecular complexity index is 223. The van der Waals surface area contributed by atoms with Crippen molar-refractivity contribution in [2.45, 2.75) is 32.2 Å². The topological polar surface area (TPSA) is 78.9 Å². The molecule has 0 aromatic rings. The predicted molar refractivity (Wildman–Crippen MR) is 48.4 cm³/mol. The lowest BCUT2D eigenvalue weighted by atomic mass is 10.3. The van der Waals surface area contributed by atoms with Crippen LogP contribution in [0.1, 0.15) is 26.2 Å². The maximum atomic E-state index is 11.1. The number of carbonyl (C=O) groups is 1. The molecule has 0 radical (unpaired) electrons. The molecule has 0 spiro atoms. The van der Waals surface area contributed by atoms with Gasteiger partial charge in [-0.05, 0) is 12.8 Å². The fourth-order valence-electron chi connectivity index (χ4n) is 1.27. The Balaban J connectivity index is 2.34. The lowest BCUT2D eigenvalue weighted by Gasteiger charge is -2.19. The molecule has 13 heavy (non-hydrogen) atoms. The van der Waals surface area contributed by atoms with E-state index in [1.165, 1.54) is 0 Å². The second-order valence-electron chi connectivity index (χ2n) is 3.28. The quantitative estimate of drug-likeness (QED) is 0.283. The van der Waals surface area contributed by atoms with Gasteiger partial charge >= 0.3 is 0 Å². The summed E-state index contributed by atoms with van der Waals surface area (Å²) in [6.45, 7) is 2.10. The monoisotopic (exact) mass is 185 g/mol. The minimum absolute atomic E-state index is 0.0632. The number of hydrogen-bond acceptors (Lipinski definition) is 3. The van der Waals surface area contributed by atoms with Crippen molar-refractivity contribution in [2.75, 3.05) is 6.54 Å². The summed E-state index contributed by atoms with van der Waals surface area (Å²) < 4.78 is 0. The van der Waals surface area contributed by atoms with Crippen LogP contribution in [0.15, 0.2) is 5.16 Å². The Morgan fingerprint density at radius 1 is 1.69 bits per heavy atom. The van der Waals surface area contributed by atoms with E-state index < -0.39 is 0 Å². The van der Waals surface area contributed by atoms with Crippen LogP contribution in [0.25, 0.3) is 0 Å². The minimum Gasteiger partial charge on any atom is -0.409 e. The molecule has 5 heteroatoms. The predicted octanol–water partition coefficient (Wildman–Crippen LogP) is 0.134. The van der Waals surface area contributed by atoms with Crippen molar-refractivity contribution in [1.82, 2.24) is 4.90 Å². The molecule has 1 fully saturated rings. The largest absolute Gasteiger partial charge is 0.409 e. The summed E-state index contributed by atoms with van der Waals surface area (Å²) in [5.41, 5.74) is 5.30. The third-order valence-electron chi connectivity index (χ3n) is 2.13. The van der Waals surface area contributed by atoms with Crippen LogP contribution in [0, 0.1) is 0 Å². The molecule has 5 nitrogen and oxygen atoms in total. The van der Waals surface area contributed by atoms with Gasteiger partial charge in [0.15, 0.2) is 0 Å². The summed E-state index contributed by atoms with van der Waals surface area (Å²) in [6.07, 6.45) is 2.60. The van der Waals surface area contributed by atoms with Crippen molar-refractivity contribution in [3.63, 3.8) is 0 Å². The van der Waals surface area contributed by atoms with Crippen molar-refractivity contribution < 1.29 is 10.0 Å². The molecule has 0 bridgehead atoms. The van der Waals surface area contributed by atoms with Gasteiger partial charge in [-0.2, -0.15) is 0 Å². The molecule has 0 aliphatic heterocycles. The van der Waals surface area contributed by atoms with Gasteiger partial charge in [0.1, 0.15) is 5.84 Å². The van der Waals surface area contributed by atoms with E-state index in [0.29, 0.717) is 19.0 Å². The molecule has 1 saturated carbocycles. The average molecular weight is 185 g/mol. The molecule has 0 aromatic heterocycles. The molecule has 1 amide bonds. The second kappa shape index (κ2) is 4.11. The molecular formula is C8H15N3O2. The maximum absolute atomic E-state index is 11.1. The van der Waals surface area contributed by atoms with Crippen LogP contribution in [0.5, 0.6) is 0 Å². The molecule has 0 unspecified atom stereocenters. The SMILES string of the molecule is CC(=O)N(CCC(N)=NO)C1CC1. The number of carbonyl (C=O) groups excluding carboxylic acids is 1. The molecule has 0 aromatic carbocycles. The summed E-state index contributed by atoms with van der Waals surface area (Å²) in [7, 11) is 0. The summed E-state index contributed by atoms with van der Waals surface area (Å²) >= 11 is 0. The first kappa shape index (κ1) is 9.83. The first-order chi connectivity index (χ1) is 6.15. The highest BCUT2D eigenvalue weighted by atomic mass is 16.4. The van der Waals surface area contributed by atoms with Crippen LogP contribution >= 0.6 is 0 Å². The molecule has 0 heterocycles. The fourth-order valence-corrected chi connectivity index (χ4v) is 1.27. The second-order valence-corrected chi connectivity index (χ2v) is 3.28. The Labute approximate surface area is 77.2 Å². The zero-order valence-corrected chi connectivity index (χ0v) is 7.73. The Hall–Kier alpha value is -1.26.